The number of rotatable bonds is 5. The van der Waals surface area contributed by atoms with Crippen LogP contribution in [-0.4, -0.2) is 17.0 Å². The summed E-state index contributed by atoms with van der Waals surface area (Å²) in [5.74, 6) is -0.0232. The highest BCUT2D eigenvalue weighted by Gasteiger charge is 2.04. The average Bonchev–Trinajstić information content (AvgIpc) is 2.92. The molecular weight excluding hydrogens is 292 g/mol. The van der Waals surface area contributed by atoms with Crippen molar-refractivity contribution in [1.29, 1.82) is 0 Å². The number of carbonyl (C=O) groups excluding carboxylic acids is 1. The number of aromatic nitrogens is 1. The Hall–Kier alpha value is -1.55. The van der Waals surface area contributed by atoms with Crippen LogP contribution in [0.2, 0.25) is 0 Å². The third kappa shape index (κ3) is 3.47. The van der Waals surface area contributed by atoms with Crippen molar-refractivity contribution < 1.29 is 4.79 Å². The van der Waals surface area contributed by atoms with E-state index < -0.39 is 0 Å². The molecule has 2 aromatic rings. The highest BCUT2D eigenvalue weighted by atomic mass is 79.9. The molecule has 0 radical (unpaired) electrons. The van der Waals surface area contributed by atoms with Crippen molar-refractivity contribution >= 4 is 21.8 Å². The Kier molecular flexibility index (Phi) is 4.59. The van der Waals surface area contributed by atoms with E-state index in [-0.39, 0.29) is 5.91 Å². The lowest BCUT2D eigenvalue weighted by Gasteiger charge is -2.07. The molecule has 1 N–H and O–H groups in total. The minimum Gasteiger partial charge on any atom is -0.353 e. The first-order valence-corrected chi connectivity index (χ1v) is 6.95. The van der Waals surface area contributed by atoms with Gasteiger partial charge in [-0.05, 0) is 29.8 Å². The van der Waals surface area contributed by atoms with Gasteiger partial charge in [0.2, 0.25) is 0 Å². The summed E-state index contributed by atoms with van der Waals surface area (Å²) < 4.78 is 2.04. The molecule has 1 aromatic heterocycles. The average molecular weight is 307 g/mol. The molecule has 18 heavy (non-hydrogen) atoms. The SMILES string of the molecule is O=C(NCCn1cccc1)c1cccc(CBr)c1. The van der Waals surface area contributed by atoms with Gasteiger partial charge in [0.25, 0.3) is 5.91 Å². The van der Waals surface area contributed by atoms with Crippen molar-refractivity contribution in [1.82, 2.24) is 9.88 Å². The van der Waals surface area contributed by atoms with Gasteiger partial charge in [-0.25, -0.2) is 0 Å². The fourth-order valence-electron chi connectivity index (χ4n) is 1.72. The van der Waals surface area contributed by atoms with Crippen molar-refractivity contribution in [3.8, 4) is 0 Å². The maximum absolute atomic E-state index is 11.9. The molecule has 4 heteroatoms. The van der Waals surface area contributed by atoms with Crippen molar-refractivity contribution in [2.24, 2.45) is 0 Å². The quantitative estimate of drug-likeness (QED) is 0.847. The Labute approximate surface area is 115 Å². The number of nitrogens with zero attached hydrogens (tertiary/aromatic N) is 1. The molecule has 0 unspecified atom stereocenters. The zero-order chi connectivity index (χ0) is 12.8. The predicted octanol–water partition coefficient (Wildman–Crippen LogP) is 2.81. The summed E-state index contributed by atoms with van der Waals surface area (Å²) >= 11 is 3.38. The molecule has 0 saturated carbocycles. The van der Waals surface area contributed by atoms with Crippen molar-refractivity contribution in [2.45, 2.75) is 11.9 Å². The van der Waals surface area contributed by atoms with Crippen LogP contribution in [0.4, 0.5) is 0 Å². The van der Waals surface area contributed by atoms with Gasteiger partial charge < -0.3 is 9.88 Å². The summed E-state index contributed by atoms with van der Waals surface area (Å²) in [6.45, 7) is 1.42. The summed E-state index contributed by atoms with van der Waals surface area (Å²) in [4.78, 5) is 11.9. The van der Waals surface area contributed by atoms with Crippen LogP contribution in [0.5, 0.6) is 0 Å². The lowest BCUT2D eigenvalue weighted by molar-refractivity contribution is 0.0952. The molecular formula is C14H15BrN2O. The summed E-state index contributed by atoms with van der Waals surface area (Å²) in [5, 5.41) is 3.67. The van der Waals surface area contributed by atoms with E-state index in [0.717, 1.165) is 17.4 Å². The number of halogens is 1. The van der Waals surface area contributed by atoms with E-state index in [4.69, 9.17) is 0 Å². The second kappa shape index (κ2) is 6.40. The fraction of sp³-hybridized carbons (Fsp3) is 0.214. The summed E-state index contributed by atoms with van der Waals surface area (Å²) in [7, 11) is 0. The third-order valence-electron chi connectivity index (χ3n) is 2.67. The molecule has 0 fully saturated rings. The molecule has 1 aromatic carbocycles. The predicted molar refractivity (Wildman–Crippen MR) is 75.8 cm³/mol. The molecule has 0 bridgehead atoms. The maximum atomic E-state index is 11.9. The minimum absolute atomic E-state index is 0.0232. The lowest BCUT2D eigenvalue weighted by Crippen LogP contribution is -2.27. The second-order valence-electron chi connectivity index (χ2n) is 4.01. The van der Waals surface area contributed by atoms with Crippen LogP contribution in [0.1, 0.15) is 15.9 Å². The number of nitrogens with one attached hydrogen (secondary N) is 1. The van der Waals surface area contributed by atoms with E-state index in [2.05, 4.69) is 21.2 Å². The number of hydrogen-bond donors (Lipinski definition) is 1. The molecule has 1 heterocycles. The van der Waals surface area contributed by atoms with E-state index in [9.17, 15) is 4.79 Å². The van der Waals surface area contributed by atoms with Gasteiger partial charge in [0.15, 0.2) is 0 Å². The first-order valence-electron chi connectivity index (χ1n) is 5.83. The first-order chi connectivity index (χ1) is 8.79. The molecule has 0 saturated heterocycles. The van der Waals surface area contributed by atoms with E-state index in [0.29, 0.717) is 12.1 Å². The van der Waals surface area contributed by atoms with Crippen molar-refractivity contribution in [3.05, 3.63) is 59.9 Å². The van der Waals surface area contributed by atoms with Crippen LogP contribution in [0, 0.1) is 0 Å². The molecule has 0 aliphatic heterocycles. The van der Waals surface area contributed by atoms with E-state index >= 15 is 0 Å². The zero-order valence-corrected chi connectivity index (χ0v) is 11.6. The maximum Gasteiger partial charge on any atom is 0.251 e. The number of alkyl halides is 1. The van der Waals surface area contributed by atoms with Crippen molar-refractivity contribution in [3.63, 3.8) is 0 Å². The summed E-state index contributed by atoms with van der Waals surface area (Å²) in [5.41, 5.74) is 1.81. The summed E-state index contributed by atoms with van der Waals surface area (Å²) in [6.07, 6.45) is 3.97. The van der Waals surface area contributed by atoms with Crippen molar-refractivity contribution in [2.75, 3.05) is 6.54 Å². The topological polar surface area (TPSA) is 34.0 Å². The molecule has 0 aliphatic rings. The molecule has 0 spiro atoms. The Morgan fingerprint density at radius 1 is 1.22 bits per heavy atom. The van der Waals surface area contributed by atoms with E-state index in [1.54, 1.807) is 0 Å². The monoisotopic (exact) mass is 306 g/mol. The second-order valence-corrected chi connectivity index (χ2v) is 4.57. The normalized spacial score (nSPS) is 10.3. The van der Waals surface area contributed by atoms with Crippen LogP contribution >= 0.6 is 15.9 Å². The standard InChI is InChI=1S/C14H15BrN2O/c15-11-12-4-3-5-13(10-12)14(18)16-6-9-17-7-1-2-8-17/h1-5,7-8,10H,6,9,11H2,(H,16,18). The van der Waals surface area contributed by atoms with Gasteiger partial charge >= 0.3 is 0 Å². The molecule has 1 amide bonds. The van der Waals surface area contributed by atoms with Gasteiger partial charge in [0.1, 0.15) is 0 Å². The van der Waals surface area contributed by atoms with Crippen LogP contribution in [0.3, 0.4) is 0 Å². The Balaban J connectivity index is 1.87. The molecule has 2 rings (SSSR count). The van der Waals surface area contributed by atoms with Gasteiger partial charge in [-0.2, -0.15) is 0 Å². The van der Waals surface area contributed by atoms with Gasteiger partial charge in [-0.15, -0.1) is 0 Å². The minimum atomic E-state index is -0.0232. The highest BCUT2D eigenvalue weighted by Crippen LogP contribution is 2.08. The van der Waals surface area contributed by atoms with E-state index in [1.807, 2.05) is 53.4 Å². The highest BCUT2D eigenvalue weighted by molar-refractivity contribution is 9.08. The largest absolute Gasteiger partial charge is 0.353 e. The lowest BCUT2D eigenvalue weighted by atomic mass is 10.1. The van der Waals surface area contributed by atoms with Crippen LogP contribution < -0.4 is 5.32 Å². The molecule has 0 aliphatic carbocycles. The number of carbonyl (C=O) groups is 1. The summed E-state index contributed by atoms with van der Waals surface area (Å²) in [6, 6.07) is 11.6. The fourth-order valence-corrected chi connectivity index (χ4v) is 2.06. The van der Waals surface area contributed by atoms with Crippen LogP contribution in [-0.2, 0) is 11.9 Å². The van der Waals surface area contributed by atoms with Gasteiger partial charge in [0, 0.05) is 36.4 Å². The molecule has 0 atom stereocenters. The van der Waals surface area contributed by atoms with E-state index in [1.165, 1.54) is 0 Å². The Morgan fingerprint density at radius 2 is 2.00 bits per heavy atom. The Morgan fingerprint density at radius 3 is 2.72 bits per heavy atom. The number of amides is 1. The molecule has 94 valence electrons. The van der Waals surface area contributed by atoms with Gasteiger partial charge in [-0.3, -0.25) is 4.79 Å². The third-order valence-corrected chi connectivity index (χ3v) is 3.31. The zero-order valence-electron chi connectivity index (χ0n) is 9.97. The molecule has 3 nitrogen and oxygen atoms in total. The van der Waals surface area contributed by atoms with Gasteiger partial charge in [-0.1, -0.05) is 28.1 Å². The Bertz CT molecular complexity index is 508. The van der Waals surface area contributed by atoms with Gasteiger partial charge in [0.05, 0.1) is 0 Å². The van der Waals surface area contributed by atoms with Crippen LogP contribution in [0.15, 0.2) is 48.8 Å². The van der Waals surface area contributed by atoms with Crippen LogP contribution in [0.25, 0.3) is 0 Å². The first kappa shape index (κ1) is 12.9. The number of benzene rings is 1. The smallest absolute Gasteiger partial charge is 0.251 e. The number of hydrogen-bond acceptors (Lipinski definition) is 1.